The highest BCUT2D eigenvalue weighted by molar-refractivity contribution is 7.89. The molecule has 14 nitrogen and oxygen atoms in total. The minimum Gasteiger partial charge on any atom is -0.411 e. The van der Waals surface area contributed by atoms with E-state index >= 15 is 0 Å². The molecule has 0 spiro atoms. The second-order valence-corrected chi connectivity index (χ2v) is 15.4. The number of amides is 3. The summed E-state index contributed by atoms with van der Waals surface area (Å²) in [6.07, 6.45) is 0.0320. The number of hydrogen-bond donors (Lipinski definition) is 3. The lowest BCUT2D eigenvalue weighted by molar-refractivity contribution is -0.384. The summed E-state index contributed by atoms with van der Waals surface area (Å²) in [5.41, 5.74) is 1.82. The average Bonchev–Trinajstić information content (AvgIpc) is 3.43. The van der Waals surface area contributed by atoms with Crippen molar-refractivity contribution in [2.75, 3.05) is 26.2 Å². The highest BCUT2D eigenvalue weighted by atomic mass is 32.2. The van der Waals surface area contributed by atoms with Crippen LogP contribution < -0.4 is 5.32 Å². The maximum atomic E-state index is 14.1. The zero-order valence-corrected chi connectivity index (χ0v) is 30.0. The van der Waals surface area contributed by atoms with Gasteiger partial charge in [0.25, 0.3) is 5.69 Å². The summed E-state index contributed by atoms with van der Waals surface area (Å²) >= 11 is 0. The molecule has 3 N–H and O–H groups in total. The molecule has 274 valence electrons. The van der Waals surface area contributed by atoms with E-state index in [0.29, 0.717) is 17.7 Å². The van der Waals surface area contributed by atoms with Crippen molar-refractivity contribution in [1.29, 1.82) is 0 Å². The molecule has 1 aliphatic rings. The van der Waals surface area contributed by atoms with E-state index in [4.69, 9.17) is 5.21 Å². The fourth-order valence-corrected chi connectivity index (χ4v) is 7.80. The van der Waals surface area contributed by atoms with Crippen LogP contribution in [0, 0.1) is 22.0 Å². The van der Waals surface area contributed by atoms with Crippen LogP contribution >= 0.6 is 0 Å². The van der Waals surface area contributed by atoms with Gasteiger partial charge in [0, 0.05) is 44.9 Å². The maximum Gasteiger partial charge on any atom is 0.321 e. The highest BCUT2D eigenvalue weighted by Crippen LogP contribution is 2.24. The number of carbonyl (C=O) groups is 2. The Morgan fingerprint density at radius 1 is 1.00 bits per heavy atom. The lowest BCUT2D eigenvalue weighted by atomic mass is 9.97. The molecule has 3 atom stereocenters. The Kier molecular flexibility index (Phi) is 13.3. The molecular weight excluding hydrogens is 676 g/mol. The first-order chi connectivity index (χ1) is 24.2. The SMILES string of the molecule is CC(C)CN(C[C@H](O)[C@H](Cc1ccccc1)NC(=O)[C@H](C(C)C)N1CCN(Cc2cccc([N+](=O)[O-])c2)C1=O)S(=O)(=O)c1ccc(C=NO)cc1. The van der Waals surface area contributed by atoms with Gasteiger partial charge >= 0.3 is 6.03 Å². The Balaban J connectivity index is 1.57. The van der Waals surface area contributed by atoms with E-state index in [1.165, 1.54) is 56.7 Å². The Morgan fingerprint density at radius 3 is 2.27 bits per heavy atom. The van der Waals surface area contributed by atoms with E-state index in [1.807, 2.05) is 58.0 Å². The van der Waals surface area contributed by atoms with Crippen LogP contribution in [0.4, 0.5) is 10.5 Å². The number of nitro groups is 1. The summed E-state index contributed by atoms with van der Waals surface area (Å²) in [4.78, 5) is 41.5. The van der Waals surface area contributed by atoms with Crippen LogP contribution in [0.3, 0.4) is 0 Å². The predicted octanol–water partition coefficient (Wildman–Crippen LogP) is 4.10. The summed E-state index contributed by atoms with van der Waals surface area (Å²) in [6, 6.07) is 18.9. The lowest BCUT2D eigenvalue weighted by Crippen LogP contribution is -2.57. The average molecular weight is 723 g/mol. The standard InChI is InChI=1S/C36H46N6O8S/c1-25(2)22-40(51(49,50)31-15-13-28(14-16-31)21-37-46)24-33(43)32(20-27-9-6-5-7-10-27)38-35(44)34(26(3)4)41-18-17-39(36(41)45)23-29-11-8-12-30(19-29)42(47)48/h5-16,19,21,25-26,32-34,43,46H,17-18,20,22-24H2,1-4H3,(H,38,44)/t32-,33-,34-/m0/s1. The smallest absolute Gasteiger partial charge is 0.321 e. The van der Waals surface area contributed by atoms with Gasteiger partial charge in [-0.15, -0.1) is 0 Å². The van der Waals surface area contributed by atoms with Crippen molar-refractivity contribution in [3.8, 4) is 0 Å². The summed E-state index contributed by atoms with van der Waals surface area (Å²) in [6.45, 7) is 7.84. The molecule has 1 fully saturated rings. The molecule has 0 aromatic heterocycles. The van der Waals surface area contributed by atoms with Crippen molar-refractivity contribution in [3.05, 3.63) is 106 Å². The predicted molar refractivity (Wildman–Crippen MR) is 192 cm³/mol. The number of nitrogens with one attached hydrogen (secondary N) is 1. The molecule has 1 heterocycles. The number of aliphatic hydroxyl groups excluding tert-OH is 1. The number of carbonyl (C=O) groups excluding carboxylic acids is 2. The monoisotopic (exact) mass is 722 g/mol. The number of aliphatic hydroxyl groups is 1. The van der Waals surface area contributed by atoms with Gasteiger partial charge in [0.2, 0.25) is 15.9 Å². The van der Waals surface area contributed by atoms with Crippen LogP contribution in [0.1, 0.15) is 44.4 Å². The van der Waals surface area contributed by atoms with Gasteiger partial charge in [0.1, 0.15) is 6.04 Å². The van der Waals surface area contributed by atoms with Crippen LogP contribution in [-0.2, 0) is 27.8 Å². The van der Waals surface area contributed by atoms with Gasteiger partial charge in [0.15, 0.2) is 0 Å². The Hall–Kier alpha value is -4.86. The number of rotatable bonds is 17. The fourth-order valence-electron chi connectivity index (χ4n) is 6.17. The third-order valence-electron chi connectivity index (χ3n) is 8.63. The Labute approximate surface area is 298 Å². The van der Waals surface area contributed by atoms with E-state index < -0.39 is 39.0 Å². The number of nitrogens with zero attached hydrogens (tertiary/aromatic N) is 5. The zero-order valence-electron chi connectivity index (χ0n) is 29.2. The van der Waals surface area contributed by atoms with Crippen LogP contribution in [0.25, 0.3) is 0 Å². The van der Waals surface area contributed by atoms with Gasteiger partial charge in [0.05, 0.1) is 28.2 Å². The normalized spacial score (nSPS) is 15.6. The van der Waals surface area contributed by atoms with Crippen molar-refractivity contribution < 1.29 is 33.2 Å². The van der Waals surface area contributed by atoms with Crippen molar-refractivity contribution in [2.45, 2.75) is 63.7 Å². The number of hydrogen-bond acceptors (Lipinski definition) is 9. The minimum atomic E-state index is -4.09. The second kappa shape index (κ2) is 17.4. The number of sulfonamides is 1. The molecule has 1 saturated heterocycles. The van der Waals surface area contributed by atoms with E-state index in [2.05, 4.69) is 10.5 Å². The van der Waals surface area contributed by atoms with Gasteiger partial charge in [-0.05, 0) is 47.1 Å². The third-order valence-corrected chi connectivity index (χ3v) is 10.5. The lowest BCUT2D eigenvalue weighted by Gasteiger charge is -2.34. The minimum absolute atomic E-state index is 0.00355. The number of benzene rings is 3. The van der Waals surface area contributed by atoms with Gasteiger partial charge in [-0.25, -0.2) is 13.2 Å². The van der Waals surface area contributed by atoms with Crippen molar-refractivity contribution in [2.24, 2.45) is 17.0 Å². The summed E-state index contributed by atoms with van der Waals surface area (Å²) in [5, 5.41) is 37.8. The molecule has 51 heavy (non-hydrogen) atoms. The summed E-state index contributed by atoms with van der Waals surface area (Å²) < 4.78 is 28.9. The maximum absolute atomic E-state index is 14.1. The second-order valence-electron chi connectivity index (χ2n) is 13.4. The topological polar surface area (TPSA) is 186 Å². The zero-order chi connectivity index (χ0) is 37.3. The van der Waals surface area contributed by atoms with Crippen molar-refractivity contribution >= 4 is 33.9 Å². The molecule has 0 bridgehead atoms. The first kappa shape index (κ1) is 38.9. The first-order valence-corrected chi connectivity index (χ1v) is 18.2. The van der Waals surface area contributed by atoms with E-state index in [0.717, 1.165) is 5.56 Å². The van der Waals surface area contributed by atoms with Crippen LogP contribution in [0.5, 0.6) is 0 Å². The van der Waals surface area contributed by atoms with Gasteiger partial charge in [-0.2, -0.15) is 4.31 Å². The molecule has 0 radical (unpaired) electrons. The van der Waals surface area contributed by atoms with Gasteiger partial charge in [-0.3, -0.25) is 14.9 Å². The van der Waals surface area contributed by atoms with Gasteiger partial charge in [-0.1, -0.05) is 87.4 Å². The molecule has 0 unspecified atom stereocenters. The molecule has 3 aromatic carbocycles. The molecule has 0 aliphatic carbocycles. The molecule has 3 aromatic rings. The molecular formula is C36H46N6O8S. The third kappa shape index (κ3) is 10.1. The summed E-state index contributed by atoms with van der Waals surface area (Å²) in [7, 11) is -4.09. The molecule has 1 aliphatic heterocycles. The largest absolute Gasteiger partial charge is 0.411 e. The summed E-state index contributed by atoms with van der Waals surface area (Å²) in [5.74, 6) is -0.903. The van der Waals surface area contributed by atoms with E-state index in [1.54, 1.807) is 12.1 Å². The van der Waals surface area contributed by atoms with E-state index in [-0.39, 0.29) is 61.0 Å². The highest BCUT2D eigenvalue weighted by Gasteiger charge is 2.40. The number of urea groups is 1. The van der Waals surface area contributed by atoms with Crippen LogP contribution in [-0.4, -0.2) is 100 Å². The van der Waals surface area contributed by atoms with Gasteiger partial charge < -0.3 is 25.4 Å². The van der Waals surface area contributed by atoms with Crippen LogP contribution in [0.2, 0.25) is 0 Å². The quantitative estimate of drug-likeness (QED) is 0.0805. The van der Waals surface area contributed by atoms with Crippen molar-refractivity contribution in [3.63, 3.8) is 0 Å². The first-order valence-electron chi connectivity index (χ1n) is 16.8. The Morgan fingerprint density at radius 2 is 1.67 bits per heavy atom. The number of oxime groups is 1. The number of nitro benzene ring substituents is 1. The fraction of sp³-hybridized carbons (Fsp3) is 0.417. The molecule has 4 rings (SSSR count). The number of non-ortho nitro benzene ring substituents is 1. The molecule has 0 saturated carbocycles. The van der Waals surface area contributed by atoms with Crippen molar-refractivity contribution in [1.82, 2.24) is 19.4 Å². The Bertz CT molecular complexity index is 1790. The van der Waals surface area contributed by atoms with E-state index in [9.17, 15) is 33.2 Å². The van der Waals surface area contributed by atoms with Crippen LogP contribution in [0.15, 0.2) is 88.9 Å². The molecule has 3 amide bonds. The molecule has 15 heteroatoms.